The summed E-state index contributed by atoms with van der Waals surface area (Å²) in [5, 5.41) is 3.44. The minimum Gasteiger partial charge on any atom is -0.346 e. The van der Waals surface area contributed by atoms with E-state index in [2.05, 4.69) is 17.1 Å². The fourth-order valence-electron chi connectivity index (χ4n) is 2.55. The first-order chi connectivity index (χ1) is 9.88. The summed E-state index contributed by atoms with van der Waals surface area (Å²) < 4.78 is 38.1. The lowest BCUT2D eigenvalue weighted by atomic mass is 10.1. The summed E-state index contributed by atoms with van der Waals surface area (Å²) in [6.45, 7) is 2.96. The Hall–Kier alpha value is -1.30. The number of alkyl halides is 3. The van der Waals surface area contributed by atoms with E-state index in [4.69, 9.17) is 12.2 Å². The summed E-state index contributed by atoms with van der Waals surface area (Å²) in [6, 6.07) is 5.46. The zero-order chi connectivity index (χ0) is 15.5. The van der Waals surface area contributed by atoms with Gasteiger partial charge in [-0.15, -0.1) is 0 Å². The molecule has 0 aromatic heterocycles. The second kappa shape index (κ2) is 6.64. The molecule has 0 bridgehead atoms. The number of hydrogen-bond acceptors (Lipinski definition) is 1. The molecule has 6 heteroatoms. The van der Waals surface area contributed by atoms with E-state index >= 15 is 0 Å². The molecule has 1 fully saturated rings. The maximum Gasteiger partial charge on any atom is 0.416 e. The van der Waals surface area contributed by atoms with Crippen LogP contribution < -0.4 is 5.32 Å². The van der Waals surface area contributed by atoms with Crippen LogP contribution in [0.5, 0.6) is 0 Å². The first kappa shape index (κ1) is 16.1. The standard InChI is InChI=1S/C15H19F3N2S/c1-11-6-3-2-4-9-20(11)14(21)19-13-8-5-7-12(10-13)15(16,17)18/h5,7-8,10-11H,2-4,6,9H2,1H3,(H,19,21). The van der Waals surface area contributed by atoms with E-state index in [1.54, 1.807) is 6.07 Å². The van der Waals surface area contributed by atoms with Gasteiger partial charge in [0.2, 0.25) is 0 Å². The maximum absolute atomic E-state index is 12.7. The minimum absolute atomic E-state index is 0.318. The van der Waals surface area contributed by atoms with Gasteiger partial charge in [0, 0.05) is 18.3 Å². The van der Waals surface area contributed by atoms with Crippen molar-refractivity contribution in [2.45, 2.75) is 44.8 Å². The van der Waals surface area contributed by atoms with Crippen LogP contribution in [0.4, 0.5) is 18.9 Å². The highest BCUT2D eigenvalue weighted by Crippen LogP contribution is 2.30. The second-order valence-corrected chi connectivity index (χ2v) is 5.79. The Morgan fingerprint density at radius 3 is 2.76 bits per heavy atom. The number of likely N-dealkylation sites (tertiary alicyclic amines) is 1. The fraction of sp³-hybridized carbons (Fsp3) is 0.533. The van der Waals surface area contributed by atoms with Crippen LogP contribution in [-0.2, 0) is 6.18 Å². The Kier molecular flexibility index (Phi) is 5.08. The van der Waals surface area contributed by atoms with Gasteiger partial charge in [-0.3, -0.25) is 0 Å². The van der Waals surface area contributed by atoms with Crippen molar-refractivity contribution in [1.29, 1.82) is 0 Å². The van der Waals surface area contributed by atoms with Crippen LogP contribution in [0, 0.1) is 0 Å². The molecule has 0 saturated carbocycles. The summed E-state index contributed by atoms with van der Waals surface area (Å²) in [4.78, 5) is 2.07. The monoisotopic (exact) mass is 316 g/mol. The third kappa shape index (κ3) is 4.33. The molecule has 1 aliphatic rings. The lowest BCUT2D eigenvalue weighted by Crippen LogP contribution is -2.40. The van der Waals surface area contributed by atoms with E-state index < -0.39 is 11.7 Å². The number of rotatable bonds is 1. The van der Waals surface area contributed by atoms with Crippen molar-refractivity contribution in [1.82, 2.24) is 4.90 Å². The van der Waals surface area contributed by atoms with Gasteiger partial charge >= 0.3 is 6.18 Å². The van der Waals surface area contributed by atoms with Crippen LogP contribution >= 0.6 is 12.2 Å². The number of thiocarbonyl (C=S) groups is 1. The third-order valence-corrected chi connectivity index (χ3v) is 4.09. The molecule has 1 unspecified atom stereocenters. The van der Waals surface area contributed by atoms with Crippen molar-refractivity contribution in [2.75, 3.05) is 11.9 Å². The van der Waals surface area contributed by atoms with Gasteiger partial charge < -0.3 is 10.2 Å². The Balaban J connectivity index is 2.08. The molecule has 116 valence electrons. The average molecular weight is 316 g/mol. The topological polar surface area (TPSA) is 15.3 Å². The smallest absolute Gasteiger partial charge is 0.346 e. The molecule has 2 nitrogen and oxygen atoms in total. The molecule has 1 atom stereocenters. The summed E-state index contributed by atoms with van der Waals surface area (Å²) in [5.41, 5.74) is -0.287. The number of anilines is 1. The summed E-state index contributed by atoms with van der Waals surface area (Å²) in [6.07, 6.45) is 0.130. The highest BCUT2D eigenvalue weighted by atomic mass is 32.1. The van der Waals surface area contributed by atoms with Crippen LogP contribution in [0.15, 0.2) is 24.3 Å². The van der Waals surface area contributed by atoms with E-state index in [1.807, 2.05) is 0 Å². The summed E-state index contributed by atoms with van der Waals surface area (Å²) in [5.74, 6) is 0. The zero-order valence-electron chi connectivity index (χ0n) is 11.9. The predicted octanol–water partition coefficient (Wildman–Crippen LogP) is 4.67. The largest absolute Gasteiger partial charge is 0.416 e. The molecule has 0 radical (unpaired) electrons. The molecule has 1 N–H and O–H groups in total. The van der Waals surface area contributed by atoms with Gasteiger partial charge in [-0.1, -0.05) is 18.9 Å². The van der Waals surface area contributed by atoms with E-state index in [0.717, 1.165) is 31.5 Å². The Bertz CT molecular complexity index is 502. The van der Waals surface area contributed by atoms with Crippen LogP contribution in [0.1, 0.15) is 38.2 Å². The third-order valence-electron chi connectivity index (χ3n) is 3.76. The number of nitrogens with zero attached hydrogens (tertiary/aromatic N) is 1. The predicted molar refractivity (Wildman–Crippen MR) is 82.3 cm³/mol. The first-order valence-corrected chi connectivity index (χ1v) is 7.53. The van der Waals surface area contributed by atoms with Crippen molar-refractivity contribution in [3.05, 3.63) is 29.8 Å². The summed E-state index contributed by atoms with van der Waals surface area (Å²) >= 11 is 5.36. The number of hydrogen-bond donors (Lipinski definition) is 1. The van der Waals surface area contributed by atoms with Crippen molar-refractivity contribution < 1.29 is 13.2 Å². The minimum atomic E-state index is -4.34. The van der Waals surface area contributed by atoms with E-state index in [9.17, 15) is 13.2 Å². The van der Waals surface area contributed by atoms with Crippen LogP contribution in [0.25, 0.3) is 0 Å². The maximum atomic E-state index is 12.7. The van der Waals surface area contributed by atoms with E-state index in [1.165, 1.54) is 18.9 Å². The molecule has 1 aromatic rings. The average Bonchev–Trinajstić information content (AvgIpc) is 2.62. The van der Waals surface area contributed by atoms with Crippen LogP contribution in [-0.4, -0.2) is 22.6 Å². The lowest BCUT2D eigenvalue weighted by molar-refractivity contribution is -0.137. The van der Waals surface area contributed by atoms with E-state index in [-0.39, 0.29) is 0 Å². The van der Waals surface area contributed by atoms with Crippen LogP contribution in [0.2, 0.25) is 0 Å². The SMILES string of the molecule is CC1CCCCCN1C(=S)Nc1cccc(C(F)(F)F)c1. The van der Waals surface area contributed by atoms with Gasteiger partial charge in [0.1, 0.15) is 0 Å². The van der Waals surface area contributed by atoms with Crippen molar-refractivity contribution in [2.24, 2.45) is 0 Å². The molecule has 0 spiro atoms. The van der Waals surface area contributed by atoms with Gasteiger partial charge in [0.05, 0.1) is 5.56 Å². The number of halogens is 3. The molecular weight excluding hydrogens is 297 g/mol. The molecule has 0 amide bonds. The molecule has 1 aliphatic heterocycles. The Morgan fingerprint density at radius 1 is 1.29 bits per heavy atom. The van der Waals surface area contributed by atoms with Gasteiger partial charge in [0.25, 0.3) is 0 Å². The number of nitrogens with one attached hydrogen (secondary N) is 1. The van der Waals surface area contributed by atoms with Crippen molar-refractivity contribution in [3.63, 3.8) is 0 Å². The quantitative estimate of drug-likeness (QED) is 0.758. The molecule has 21 heavy (non-hydrogen) atoms. The molecule has 1 saturated heterocycles. The van der Waals surface area contributed by atoms with Gasteiger partial charge in [0.15, 0.2) is 5.11 Å². The molecule has 1 heterocycles. The Morgan fingerprint density at radius 2 is 2.05 bits per heavy atom. The lowest BCUT2D eigenvalue weighted by Gasteiger charge is -2.30. The second-order valence-electron chi connectivity index (χ2n) is 5.40. The van der Waals surface area contributed by atoms with Gasteiger partial charge in [-0.2, -0.15) is 13.2 Å². The highest BCUT2D eigenvalue weighted by Gasteiger charge is 2.30. The van der Waals surface area contributed by atoms with Crippen molar-refractivity contribution in [3.8, 4) is 0 Å². The first-order valence-electron chi connectivity index (χ1n) is 7.13. The fourth-order valence-corrected chi connectivity index (χ4v) is 2.93. The molecule has 2 rings (SSSR count). The summed E-state index contributed by atoms with van der Waals surface area (Å²) in [7, 11) is 0. The van der Waals surface area contributed by atoms with Gasteiger partial charge in [-0.05, 0) is 50.2 Å². The zero-order valence-corrected chi connectivity index (χ0v) is 12.7. The van der Waals surface area contributed by atoms with E-state index in [0.29, 0.717) is 16.8 Å². The molecule has 1 aromatic carbocycles. The van der Waals surface area contributed by atoms with Crippen LogP contribution in [0.3, 0.4) is 0 Å². The molecular formula is C15H19F3N2S. The highest BCUT2D eigenvalue weighted by molar-refractivity contribution is 7.80. The van der Waals surface area contributed by atoms with Gasteiger partial charge in [-0.25, -0.2) is 0 Å². The molecule has 0 aliphatic carbocycles. The van der Waals surface area contributed by atoms with Crippen molar-refractivity contribution >= 4 is 23.0 Å². The number of benzene rings is 1. The normalized spacial score (nSPS) is 20.0. The Labute approximate surface area is 128 Å².